The molecule has 0 aliphatic heterocycles. The lowest BCUT2D eigenvalue weighted by Gasteiger charge is -2.11. The highest BCUT2D eigenvalue weighted by molar-refractivity contribution is 9.10. The van der Waals surface area contributed by atoms with Gasteiger partial charge in [0.15, 0.2) is 0 Å². The summed E-state index contributed by atoms with van der Waals surface area (Å²) in [5, 5.41) is 2.84. The van der Waals surface area contributed by atoms with Crippen LogP contribution in [0.2, 0.25) is 0 Å². The van der Waals surface area contributed by atoms with Gasteiger partial charge in [0.2, 0.25) is 0 Å². The Kier molecular flexibility index (Phi) is 4.58. The number of nitrogens with one attached hydrogen (secondary N) is 1. The minimum Gasteiger partial charge on any atom is -0.493 e. The first kappa shape index (κ1) is 13.6. The maximum atomic E-state index is 12.3. The lowest BCUT2D eigenvalue weighted by atomic mass is 10.2. The molecule has 0 atom stereocenters. The van der Waals surface area contributed by atoms with Gasteiger partial charge in [0.05, 0.1) is 12.2 Å². The van der Waals surface area contributed by atoms with Gasteiger partial charge in [-0.1, -0.05) is 34.1 Å². The summed E-state index contributed by atoms with van der Waals surface area (Å²) in [7, 11) is 0. The van der Waals surface area contributed by atoms with Gasteiger partial charge in [-0.3, -0.25) is 4.79 Å². The van der Waals surface area contributed by atoms with E-state index in [1.165, 1.54) is 0 Å². The second-order valence-electron chi connectivity index (χ2n) is 3.89. The van der Waals surface area contributed by atoms with E-state index in [-0.39, 0.29) is 5.91 Å². The topological polar surface area (TPSA) is 38.3 Å². The zero-order valence-corrected chi connectivity index (χ0v) is 12.1. The number of carbonyl (C=O) groups is 1. The second kappa shape index (κ2) is 6.38. The lowest BCUT2D eigenvalue weighted by Crippen LogP contribution is -2.13. The number of benzene rings is 2. The Morgan fingerprint density at radius 3 is 2.63 bits per heavy atom. The van der Waals surface area contributed by atoms with E-state index in [2.05, 4.69) is 21.2 Å². The van der Waals surface area contributed by atoms with Crippen molar-refractivity contribution in [2.45, 2.75) is 6.92 Å². The Labute approximate surface area is 120 Å². The Balaban J connectivity index is 2.25. The van der Waals surface area contributed by atoms with Crippen molar-refractivity contribution >= 4 is 27.5 Å². The van der Waals surface area contributed by atoms with Gasteiger partial charge in [-0.15, -0.1) is 0 Å². The monoisotopic (exact) mass is 319 g/mol. The molecular weight excluding hydrogens is 306 g/mol. The number of rotatable bonds is 4. The molecule has 0 radical (unpaired) electrons. The van der Waals surface area contributed by atoms with Crippen LogP contribution in [0.5, 0.6) is 5.75 Å². The summed E-state index contributed by atoms with van der Waals surface area (Å²) in [5.41, 5.74) is 1.27. The molecule has 0 aliphatic carbocycles. The number of para-hydroxylation sites is 1. The van der Waals surface area contributed by atoms with Crippen molar-refractivity contribution in [3.05, 3.63) is 58.6 Å². The van der Waals surface area contributed by atoms with Crippen LogP contribution in [0.3, 0.4) is 0 Å². The fraction of sp³-hybridized carbons (Fsp3) is 0.133. The molecule has 0 saturated heterocycles. The molecule has 0 saturated carbocycles. The smallest absolute Gasteiger partial charge is 0.259 e. The normalized spacial score (nSPS) is 10.0. The molecule has 0 heterocycles. The Morgan fingerprint density at radius 1 is 1.21 bits per heavy atom. The van der Waals surface area contributed by atoms with Crippen molar-refractivity contribution in [1.29, 1.82) is 0 Å². The predicted molar refractivity (Wildman–Crippen MR) is 79.7 cm³/mol. The highest BCUT2D eigenvalue weighted by Crippen LogP contribution is 2.24. The third-order valence-electron chi connectivity index (χ3n) is 2.52. The van der Waals surface area contributed by atoms with Crippen LogP contribution in [0.4, 0.5) is 5.69 Å². The maximum Gasteiger partial charge on any atom is 0.259 e. The van der Waals surface area contributed by atoms with E-state index >= 15 is 0 Å². The van der Waals surface area contributed by atoms with E-state index in [0.717, 1.165) is 10.2 Å². The van der Waals surface area contributed by atoms with Crippen LogP contribution >= 0.6 is 15.9 Å². The molecule has 0 aromatic heterocycles. The number of carbonyl (C=O) groups excluding carboxylic acids is 1. The van der Waals surface area contributed by atoms with Gasteiger partial charge >= 0.3 is 0 Å². The molecule has 3 nitrogen and oxygen atoms in total. The first-order valence-electron chi connectivity index (χ1n) is 5.99. The minimum atomic E-state index is -0.184. The molecule has 2 aromatic rings. The molecule has 19 heavy (non-hydrogen) atoms. The molecule has 4 heteroatoms. The Bertz CT molecular complexity index is 570. The predicted octanol–water partition coefficient (Wildman–Crippen LogP) is 4.10. The summed E-state index contributed by atoms with van der Waals surface area (Å²) in [4.78, 5) is 12.3. The molecule has 98 valence electrons. The van der Waals surface area contributed by atoms with E-state index < -0.39 is 0 Å². The van der Waals surface area contributed by atoms with Gasteiger partial charge in [-0.05, 0) is 37.3 Å². The third kappa shape index (κ3) is 3.58. The first-order valence-corrected chi connectivity index (χ1v) is 6.78. The van der Waals surface area contributed by atoms with Crippen molar-refractivity contribution < 1.29 is 9.53 Å². The number of anilines is 1. The number of amides is 1. The highest BCUT2D eigenvalue weighted by Gasteiger charge is 2.13. The van der Waals surface area contributed by atoms with E-state index in [9.17, 15) is 4.79 Å². The standard InChI is InChI=1S/C15H14BrNO2/c1-2-19-14-9-8-11(16)10-13(14)15(18)17-12-6-4-3-5-7-12/h3-10H,2H2,1H3,(H,17,18). The molecule has 1 N–H and O–H groups in total. The molecule has 2 rings (SSSR count). The van der Waals surface area contributed by atoms with E-state index in [1.54, 1.807) is 12.1 Å². The number of ether oxygens (including phenoxy) is 1. The zero-order valence-electron chi connectivity index (χ0n) is 10.5. The molecule has 0 aliphatic rings. The fourth-order valence-corrected chi connectivity index (χ4v) is 2.04. The SMILES string of the molecule is CCOc1ccc(Br)cc1C(=O)Nc1ccccc1. The molecule has 0 spiro atoms. The number of hydrogen-bond donors (Lipinski definition) is 1. The number of hydrogen-bond acceptors (Lipinski definition) is 2. The lowest BCUT2D eigenvalue weighted by molar-refractivity contribution is 0.102. The van der Waals surface area contributed by atoms with Crippen molar-refractivity contribution in [1.82, 2.24) is 0 Å². The summed E-state index contributed by atoms with van der Waals surface area (Å²) in [6, 6.07) is 14.7. The van der Waals surface area contributed by atoms with Crippen LogP contribution in [-0.2, 0) is 0 Å². The summed E-state index contributed by atoms with van der Waals surface area (Å²) < 4.78 is 6.31. The van der Waals surface area contributed by atoms with Crippen molar-refractivity contribution in [3.63, 3.8) is 0 Å². The number of halogens is 1. The van der Waals surface area contributed by atoms with Crippen LogP contribution in [0.15, 0.2) is 53.0 Å². The van der Waals surface area contributed by atoms with Crippen molar-refractivity contribution in [2.24, 2.45) is 0 Å². The molecule has 0 fully saturated rings. The third-order valence-corrected chi connectivity index (χ3v) is 3.01. The van der Waals surface area contributed by atoms with Gasteiger partial charge in [-0.25, -0.2) is 0 Å². The van der Waals surface area contributed by atoms with Crippen LogP contribution < -0.4 is 10.1 Å². The van der Waals surface area contributed by atoms with Gasteiger partial charge in [0.1, 0.15) is 5.75 Å². The van der Waals surface area contributed by atoms with Gasteiger partial charge < -0.3 is 10.1 Å². The van der Waals surface area contributed by atoms with E-state index in [4.69, 9.17) is 4.74 Å². The first-order chi connectivity index (χ1) is 9.20. The van der Waals surface area contributed by atoms with Crippen LogP contribution in [0.1, 0.15) is 17.3 Å². The largest absolute Gasteiger partial charge is 0.493 e. The van der Waals surface area contributed by atoms with Crippen molar-refractivity contribution in [2.75, 3.05) is 11.9 Å². The van der Waals surface area contributed by atoms with Gasteiger partial charge in [0, 0.05) is 10.2 Å². The Hall–Kier alpha value is -1.81. The summed E-state index contributed by atoms with van der Waals surface area (Å²) >= 11 is 3.37. The molecule has 1 amide bonds. The average molecular weight is 320 g/mol. The van der Waals surface area contributed by atoms with E-state index in [1.807, 2.05) is 43.3 Å². The van der Waals surface area contributed by atoms with Gasteiger partial charge in [0.25, 0.3) is 5.91 Å². The second-order valence-corrected chi connectivity index (χ2v) is 4.81. The summed E-state index contributed by atoms with van der Waals surface area (Å²) in [5.74, 6) is 0.398. The van der Waals surface area contributed by atoms with Crippen LogP contribution in [0, 0.1) is 0 Å². The average Bonchev–Trinajstić information content (AvgIpc) is 2.42. The van der Waals surface area contributed by atoms with Crippen molar-refractivity contribution in [3.8, 4) is 5.75 Å². The summed E-state index contributed by atoms with van der Waals surface area (Å²) in [6.45, 7) is 2.41. The highest BCUT2D eigenvalue weighted by atomic mass is 79.9. The zero-order chi connectivity index (χ0) is 13.7. The maximum absolute atomic E-state index is 12.3. The molecule has 0 unspecified atom stereocenters. The van der Waals surface area contributed by atoms with Gasteiger partial charge in [-0.2, -0.15) is 0 Å². The quantitative estimate of drug-likeness (QED) is 0.921. The van der Waals surface area contributed by atoms with Crippen LogP contribution in [0.25, 0.3) is 0 Å². The minimum absolute atomic E-state index is 0.184. The summed E-state index contributed by atoms with van der Waals surface area (Å²) in [6.07, 6.45) is 0. The fourth-order valence-electron chi connectivity index (χ4n) is 1.68. The molecular formula is C15H14BrNO2. The van der Waals surface area contributed by atoms with E-state index in [0.29, 0.717) is 17.9 Å². The molecule has 2 aromatic carbocycles. The molecule has 0 bridgehead atoms. The Morgan fingerprint density at radius 2 is 1.95 bits per heavy atom. The van der Waals surface area contributed by atoms with Crippen LogP contribution in [-0.4, -0.2) is 12.5 Å².